The Labute approximate surface area is 152 Å². The molecule has 0 atom stereocenters. The van der Waals surface area contributed by atoms with E-state index in [9.17, 15) is 9.18 Å². The monoisotopic (exact) mass is 355 g/mol. The molecule has 2 aliphatic carbocycles. The first-order valence-electron chi connectivity index (χ1n) is 8.97. The molecule has 0 aliphatic heterocycles. The third-order valence-electron chi connectivity index (χ3n) is 4.98. The highest BCUT2D eigenvalue weighted by atomic mass is 32.2. The van der Waals surface area contributed by atoms with Gasteiger partial charge in [-0.15, -0.1) is 11.8 Å². The van der Waals surface area contributed by atoms with E-state index in [0.29, 0.717) is 18.3 Å². The molecule has 0 bridgehead atoms. The number of carbonyl (C=O) groups excluding carboxylic acids is 1. The average Bonchev–Trinajstić information content (AvgIpc) is 3.34. The van der Waals surface area contributed by atoms with Gasteiger partial charge in [0.1, 0.15) is 5.82 Å². The van der Waals surface area contributed by atoms with E-state index < -0.39 is 0 Å². The van der Waals surface area contributed by atoms with E-state index in [0.717, 1.165) is 24.8 Å². The molecular formula is C21H22FNOS. The van der Waals surface area contributed by atoms with Crippen molar-refractivity contribution in [3.05, 3.63) is 65.0 Å². The lowest BCUT2D eigenvalue weighted by molar-refractivity contribution is -0.129. The number of rotatable bonds is 6. The number of halogens is 1. The van der Waals surface area contributed by atoms with Gasteiger partial charge >= 0.3 is 0 Å². The van der Waals surface area contributed by atoms with Gasteiger partial charge in [0.25, 0.3) is 0 Å². The van der Waals surface area contributed by atoms with Crippen LogP contribution in [0.4, 0.5) is 4.39 Å². The smallest absolute Gasteiger partial charge is 0.233 e. The van der Waals surface area contributed by atoms with Crippen molar-refractivity contribution in [3.63, 3.8) is 0 Å². The van der Waals surface area contributed by atoms with Gasteiger partial charge in [0.15, 0.2) is 0 Å². The zero-order valence-corrected chi connectivity index (χ0v) is 15.0. The fourth-order valence-corrected chi connectivity index (χ4v) is 4.35. The van der Waals surface area contributed by atoms with Crippen LogP contribution in [0.15, 0.2) is 47.4 Å². The minimum atomic E-state index is -0.242. The molecule has 1 amide bonds. The highest BCUT2D eigenvalue weighted by Crippen LogP contribution is 2.31. The minimum absolute atomic E-state index is 0.150. The number of thioether (sulfide) groups is 1. The Balaban J connectivity index is 1.39. The maximum Gasteiger partial charge on any atom is 0.233 e. The molecule has 1 fully saturated rings. The average molecular weight is 355 g/mol. The van der Waals surface area contributed by atoms with Gasteiger partial charge in [0.2, 0.25) is 5.91 Å². The van der Waals surface area contributed by atoms with Gasteiger partial charge in [-0.3, -0.25) is 4.79 Å². The number of carbonyl (C=O) groups is 1. The largest absolute Gasteiger partial charge is 0.335 e. The number of hydrogen-bond acceptors (Lipinski definition) is 2. The van der Waals surface area contributed by atoms with E-state index in [1.165, 1.54) is 41.0 Å². The van der Waals surface area contributed by atoms with Crippen LogP contribution in [0.25, 0.3) is 0 Å². The zero-order valence-electron chi connectivity index (χ0n) is 14.2. The van der Waals surface area contributed by atoms with Gasteiger partial charge in [-0.2, -0.15) is 0 Å². The van der Waals surface area contributed by atoms with Crippen molar-refractivity contribution in [2.24, 2.45) is 0 Å². The molecular weight excluding hydrogens is 333 g/mol. The van der Waals surface area contributed by atoms with Crippen LogP contribution in [0.3, 0.4) is 0 Å². The van der Waals surface area contributed by atoms with E-state index >= 15 is 0 Å². The van der Waals surface area contributed by atoms with Crippen molar-refractivity contribution in [1.29, 1.82) is 0 Å². The van der Waals surface area contributed by atoms with Gasteiger partial charge in [-0.25, -0.2) is 4.39 Å². The highest BCUT2D eigenvalue weighted by molar-refractivity contribution is 8.00. The van der Waals surface area contributed by atoms with Gasteiger partial charge in [-0.1, -0.05) is 18.2 Å². The number of nitrogens with zero attached hydrogens (tertiary/aromatic N) is 1. The van der Waals surface area contributed by atoms with Crippen LogP contribution in [0.1, 0.15) is 36.0 Å². The predicted molar refractivity (Wildman–Crippen MR) is 99.2 cm³/mol. The highest BCUT2D eigenvalue weighted by Gasteiger charge is 2.32. The fraction of sp³-hybridized carbons (Fsp3) is 0.381. The Hall–Kier alpha value is -1.81. The maximum atomic E-state index is 13.4. The SMILES string of the molecule is O=C(CSc1ccc2c(c1)CCC2)N(Cc1cccc(F)c1)C1CC1. The molecule has 0 aromatic heterocycles. The minimum Gasteiger partial charge on any atom is -0.335 e. The second kappa shape index (κ2) is 7.20. The Bertz CT molecular complexity index is 787. The first kappa shape index (κ1) is 16.6. The normalized spacial score (nSPS) is 15.9. The molecule has 0 unspecified atom stereocenters. The molecule has 0 heterocycles. The Morgan fingerprint density at radius 2 is 1.96 bits per heavy atom. The van der Waals surface area contributed by atoms with Crippen LogP contribution >= 0.6 is 11.8 Å². The quantitative estimate of drug-likeness (QED) is 0.706. The van der Waals surface area contributed by atoms with Crippen LogP contribution in [0.5, 0.6) is 0 Å². The molecule has 1 saturated carbocycles. The third-order valence-corrected chi connectivity index (χ3v) is 5.96. The molecule has 25 heavy (non-hydrogen) atoms. The molecule has 0 saturated heterocycles. The van der Waals surface area contributed by atoms with Gasteiger partial charge in [0, 0.05) is 17.5 Å². The lowest BCUT2D eigenvalue weighted by Gasteiger charge is -2.22. The van der Waals surface area contributed by atoms with Gasteiger partial charge in [0.05, 0.1) is 5.75 Å². The second-order valence-corrected chi connectivity index (χ2v) is 8.00. The second-order valence-electron chi connectivity index (χ2n) is 6.96. The van der Waals surface area contributed by atoms with E-state index in [1.807, 2.05) is 11.0 Å². The summed E-state index contributed by atoms with van der Waals surface area (Å²) in [5.74, 6) is 0.357. The lowest BCUT2D eigenvalue weighted by atomic mass is 10.1. The van der Waals surface area contributed by atoms with Crippen LogP contribution in [0.2, 0.25) is 0 Å². The topological polar surface area (TPSA) is 20.3 Å². The number of aryl methyl sites for hydroxylation is 2. The van der Waals surface area contributed by atoms with Gasteiger partial charge < -0.3 is 4.90 Å². The maximum absolute atomic E-state index is 13.4. The van der Waals surface area contributed by atoms with E-state index in [2.05, 4.69) is 18.2 Å². The van der Waals surface area contributed by atoms with Crippen molar-refractivity contribution >= 4 is 17.7 Å². The van der Waals surface area contributed by atoms with E-state index in [4.69, 9.17) is 0 Å². The van der Waals surface area contributed by atoms with Crippen molar-refractivity contribution < 1.29 is 9.18 Å². The Morgan fingerprint density at radius 1 is 1.12 bits per heavy atom. The molecule has 0 spiro atoms. The van der Waals surface area contributed by atoms with Crippen LogP contribution in [-0.4, -0.2) is 22.6 Å². The molecule has 2 aromatic rings. The zero-order chi connectivity index (χ0) is 17.2. The number of fused-ring (bicyclic) bond motifs is 1. The number of hydrogen-bond donors (Lipinski definition) is 0. The molecule has 0 N–H and O–H groups in total. The molecule has 2 nitrogen and oxygen atoms in total. The molecule has 2 aromatic carbocycles. The molecule has 4 heteroatoms. The summed E-state index contributed by atoms with van der Waals surface area (Å²) in [4.78, 5) is 15.8. The first-order valence-corrected chi connectivity index (χ1v) is 9.96. The van der Waals surface area contributed by atoms with Crippen LogP contribution in [0, 0.1) is 5.82 Å². The number of benzene rings is 2. The Morgan fingerprint density at radius 3 is 2.76 bits per heavy atom. The fourth-order valence-electron chi connectivity index (χ4n) is 3.51. The summed E-state index contributed by atoms with van der Waals surface area (Å²) in [6, 6.07) is 13.5. The van der Waals surface area contributed by atoms with Crippen molar-refractivity contribution in [2.75, 3.05) is 5.75 Å². The van der Waals surface area contributed by atoms with Crippen molar-refractivity contribution in [1.82, 2.24) is 4.90 Å². The first-order chi connectivity index (χ1) is 12.2. The van der Waals surface area contributed by atoms with Crippen molar-refractivity contribution in [3.8, 4) is 0 Å². The summed E-state index contributed by atoms with van der Waals surface area (Å²) in [7, 11) is 0. The summed E-state index contributed by atoms with van der Waals surface area (Å²) in [5.41, 5.74) is 3.76. The molecule has 130 valence electrons. The third kappa shape index (κ3) is 4.06. The summed E-state index contributed by atoms with van der Waals surface area (Å²) < 4.78 is 13.4. The summed E-state index contributed by atoms with van der Waals surface area (Å²) in [5, 5.41) is 0. The summed E-state index contributed by atoms with van der Waals surface area (Å²) in [6.45, 7) is 0.506. The van der Waals surface area contributed by atoms with Crippen LogP contribution < -0.4 is 0 Å². The van der Waals surface area contributed by atoms with Crippen molar-refractivity contribution in [2.45, 2.75) is 49.6 Å². The molecule has 4 rings (SSSR count). The van der Waals surface area contributed by atoms with E-state index in [-0.39, 0.29) is 11.7 Å². The lowest BCUT2D eigenvalue weighted by Crippen LogP contribution is -2.34. The van der Waals surface area contributed by atoms with Gasteiger partial charge in [-0.05, 0) is 73.1 Å². The Kier molecular flexibility index (Phi) is 4.80. The van der Waals surface area contributed by atoms with E-state index in [1.54, 1.807) is 17.8 Å². The summed E-state index contributed by atoms with van der Waals surface area (Å²) in [6.07, 6.45) is 5.70. The number of amides is 1. The standard InChI is InChI=1S/C21H22FNOS/c22-18-6-1-3-15(11-18)13-23(19-8-9-19)21(24)14-25-20-10-7-16-4-2-5-17(16)12-20/h1,3,6-7,10-12,19H,2,4-5,8-9,13-14H2. The predicted octanol–water partition coefficient (Wildman–Crippen LogP) is 4.60. The summed E-state index contributed by atoms with van der Waals surface area (Å²) >= 11 is 1.62. The molecule has 2 aliphatic rings. The molecule has 0 radical (unpaired) electrons. The van der Waals surface area contributed by atoms with Crippen LogP contribution in [-0.2, 0) is 24.2 Å².